The lowest BCUT2D eigenvalue weighted by atomic mass is 10.1. The summed E-state index contributed by atoms with van der Waals surface area (Å²) < 4.78 is 11.1. The van der Waals surface area contributed by atoms with Crippen molar-refractivity contribution in [1.29, 1.82) is 0 Å². The van der Waals surface area contributed by atoms with Gasteiger partial charge in [0.2, 0.25) is 5.88 Å². The Kier molecular flexibility index (Phi) is 5.94. The van der Waals surface area contributed by atoms with E-state index in [-0.39, 0.29) is 24.3 Å². The van der Waals surface area contributed by atoms with Gasteiger partial charge in [-0.15, -0.1) is 10.2 Å². The SMILES string of the molecule is CC(C)Oc1ccc(NC(=O)NCC2CCCC(C)O2)nn1. The summed E-state index contributed by atoms with van der Waals surface area (Å²) in [4.78, 5) is 11.8. The molecule has 0 aromatic carbocycles. The Balaban J connectivity index is 1.74. The highest BCUT2D eigenvalue weighted by Gasteiger charge is 2.19. The number of rotatable bonds is 5. The van der Waals surface area contributed by atoms with Crippen molar-refractivity contribution in [3.63, 3.8) is 0 Å². The van der Waals surface area contributed by atoms with Crippen LogP contribution in [0.25, 0.3) is 0 Å². The van der Waals surface area contributed by atoms with E-state index in [0.29, 0.717) is 18.2 Å². The summed E-state index contributed by atoms with van der Waals surface area (Å²) in [7, 11) is 0. The highest BCUT2D eigenvalue weighted by atomic mass is 16.5. The number of hydrogen-bond acceptors (Lipinski definition) is 5. The smallest absolute Gasteiger partial charge is 0.320 e. The maximum absolute atomic E-state index is 11.8. The van der Waals surface area contributed by atoms with Crippen LogP contribution in [-0.4, -0.2) is 41.1 Å². The van der Waals surface area contributed by atoms with Gasteiger partial charge in [-0.25, -0.2) is 4.79 Å². The van der Waals surface area contributed by atoms with Gasteiger partial charge in [0.1, 0.15) is 0 Å². The first-order valence-corrected chi connectivity index (χ1v) is 7.73. The van der Waals surface area contributed by atoms with Gasteiger partial charge in [-0.2, -0.15) is 0 Å². The fraction of sp³-hybridized carbons (Fsp3) is 0.667. The first kappa shape index (κ1) is 16.5. The zero-order valence-electron chi connectivity index (χ0n) is 13.3. The van der Waals surface area contributed by atoms with Crippen molar-refractivity contribution in [3.8, 4) is 5.88 Å². The van der Waals surface area contributed by atoms with Gasteiger partial charge in [0.25, 0.3) is 0 Å². The predicted octanol–water partition coefficient (Wildman–Crippen LogP) is 2.34. The molecule has 0 spiro atoms. The van der Waals surface area contributed by atoms with Crippen molar-refractivity contribution < 1.29 is 14.3 Å². The molecule has 2 N–H and O–H groups in total. The van der Waals surface area contributed by atoms with E-state index < -0.39 is 0 Å². The lowest BCUT2D eigenvalue weighted by molar-refractivity contribution is -0.0367. The van der Waals surface area contributed by atoms with E-state index in [2.05, 4.69) is 27.8 Å². The number of hydrogen-bond donors (Lipinski definition) is 2. The number of carbonyl (C=O) groups is 1. The van der Waals surface area contributed by atoms with E-state index in [4.69, 9.17) is 9.47 Å². The van der Waals surface area contributed by atoms with Crippen LogP contribution in [0.3, 0.4) is 0 Å². The van der Waals surface area contributed by atoms with E-state index in [1.54, 1.807) is 12.1 Å². The maximum atomic E-state index is 11.8. The molecule has 1 aromatic heterocycles. The van der Waals surface area contributed by atoms with Crippen LogP contribution in [0.4, 0.5) is 10.6 Å². The molecule has 1 fully saturated rings. The third kappa shape index (κ3) is 5.48. The van der Waals surface area contributed by atoms with Crippen LogP contribution in [0.2, 0.25) is 0 Å². The van der Waals surface area contributed by atoms with Gasteiger partial charge in [-0.05, 0) is 46.1 Å². The molecule has 0 bridgehead atoms. The Labute approximate surface area is 130 Å². The number of ether oxygens (including phenoxy) is 2. The highest BCUT2D eigenvalue weighted by Crippen LogP contribution is 2.17. The molecule has 0 saturated carbocycles. The summed E-state index contributed by atoms with van der Waals surface area (Å²) in [6.07, 6.45) is 3.59. The minimum Gasteiger partial charge on any atom is -0.474 e. The average Bonchev–Trinajstić information content (AvgIpc) is 2.47. The number of urea groups is 1. The van der Waals surface area contributed by atoms with Crippen molar-refractivity contribution in [2.45, 2.75) is 58.3 Å². The normalized spacial score (nSPS) is 21.5. The molecule has 0 aliphatic carbocycles. The molecule has 1 aliphatic heterocycles. The lowest BCUT2D eigenvalue weighted by Crippen LogP contribution is -2.39. The molecule has 1 aromatic rings. The Morgan fingerprint density at radius 2 is 2.23 bits per heavy atom. The zero-order valence-corrected chi connectivity index (χ0v) is 13.3. The number of nitrogens with zero attached hydrogens (tertiary/aromatic N) is 2. The predicted molar refractivity (Wildman–Crippen MR) is 83.0 cm³/mol. The standard InChI is InChI=1S/C15H24N4O3/c1-10(2)21-14-8-7-13(18-19-14)17-15(20)16-9-12-6-4-5-11(3)22-12/h7-8,10-12H,4-6,9H2,1-3H3,(H2,16,17,18,20). The van der Waals surface area contributed by atoms with Crippen LogP contribution in [-0.2, 0) is 4.74 Å². The minimum absolute atomic E-state index is 0.0364. The van der Waals surface area contributed by atoms with Crippen molar-refractivity contribution in [1.82, 2.24) is 15.5 Å². The van der Waals surface area contributed by atoms with E-state index in [1.165, 1.54) is 0 Å². The highest BCUT2D eigenvalue weighted by molar-refractivity contribution is 5.88. The Bertz CT molecular complexity index is 478. The lowest BCUT2D eigenvalue weighted by Gasteiger charge is -2.27. The summed E-state index contributed by atoms with van der Waals surface area (Å²) in [5, 5.41) is 13.2. The number of nitrogens with one attached hydrogen (secondary N) is 2. The first-order chi connectivity index (χ1) is 10.5. The van der Waals surface area contributed by atoms with Gasteiger partial charge in [-0.1, -0.05) is 0 Å². The Hall–Kier alpha value is -1.89. The third-order valence-corrected chi connectivity index (χ3v) is 3.29. The second-order valence-electron chi connectivity index (χ2n) is 5.76. The fourth-order valence-electron chi connectivity index (χ4n) is 2.31. The van der Waals surface area contributed by atoms with Gasteiger partial charge >= 0.3 is 6.03 Å². The second kappa shape index (κ2) is 7.93. The minimum atomic E-state index is -0.311. The maximum Gasteiger partial charge on any atom is 0.320 e. The average molecular weight is 308 g/mol. The fourth-order valence-corrected chi connectivity index (χ4v) is 2.31. The summed E-state index contributed by atoms with van der Waals surface area (Å²) in [5.74, 6) is 0.817. The Morgan fingerprint density at radius 3 is 2.86 bits per heavy atom. The van der Waals surface area contributed by atoms with Gasteiger partial charge in [0.15, 0.2) is 5.82 Å². The molecular weight excluding hydrogens is 284 g/mol. The molecule has 2 heterocycles. The molecule has 2 atom stereocenters. The van der Waals surface area contributed by atoms with Gasteiger partial charge in [-0.3, -0.25) is 5.32 Å². The van der Waals surface area contributed by atoms with Crippen molar-refractivity contribution in [2.24, 2.45) is 0 Å². The number of carbonyl (C=O) groups excluding carboxylic acids is 1. The van der Waals surface area contributed by atoms with Crippen molar-refractivity contribution >= 4 is 11.8 Å². The summed E-state index contributed by atoms with van der Waals surface area (Å²) in [6.45, 7) is 6.38. The van der Waals surface area contributed by atoms with Crippen molar-refractivity contribution in [3.05, 3.63) is 12.1 Å². The van der Waals surface area contributed by atoms with Gasteiger partial charge in [0.05, 0.1) is 18.3 Å². The van der Waals surface area contributed by atoms with Crippen LogP contribution < -0.4 is 15.4 Å². The molecular formula is C15H24N4O3. The molecule has 1 aliphatic rings. The van der Waals surface area contributed by atoms with Crippen molar-refractivity contribution in [2.75, 3.05) is 11.9 Å². The zero-order chi connectivity index (χ0) is 15.9. The molecule has 7 heteroatoms. The Morgan fingerprint density at radius 1 is 1.41 bits per heavy atom. The number of amides is 2. The molecule has 2 amide bonds. The van der Waals surface area contributed by atoms with E-state index in [0.717, 1.165) is 19.3 Å². The monoisotopic (exact) mass is 308 g/mol. The van der Waals surface area contributed by atoms with Crippen LogP contribution in [0.1, 0.15) is 40.0 Å². The topological polar surface area (TPSA) is 85.4 Å². The molecule has 0 radical (unpaired) electrons. The molecule has 1 saturated heterocycles. The van der Waals surface area contributed by atoms with E-state index in [1.807, 2.05) is 13.8 Å². The number of aromatic nitrogens is 2. The van der Waals surface area contributed by atoms with Gasteiger partial charge in [0, 0.05) is 12.6 Å². The van der Waals surface area contributed by atoms with Crippen LogP contribution in [0.5, 0.6) is 5.88 Å². The van der Waals surface area contributed by atoms with E-state index in [9.17, 15) is 4.79 Å². The van der Waals surface area contributed by atoms with Crippen LogP contribution in [0.15, 0.2) is 12.1 Å². The summed E-state index contributed by atoms with van der Waals surface area (Å²) in [5.41, 5.74) is 0. The number of anilines is 1. The molecule has 2 unspecified atom stereocenters. The van der Waals surface area contributed by atoms with E-state index >= 15 is 0 Å². The molecule has 2 rings (SSSR count). The molecule has 7 nitrogen and oxygen atoms in total. The molecule has 122 valence electrons. The largest absolute Gasteiger partial charge is 0.474 e. The summed E-state index contributed by atoms with van der Waals surface area (Å²) >= 11 is 0. The first-order valence-electron chi connectivity index (χ1n) is 7.73. The quantitative estimate of drug-likeness (QED) is 0.872. The van der Waals surface area contributed by atoms with Crippen LogP contribution >= 0.6 is 0 Å². The second-order valence-corrected chi connectivity index (χ2v) is 5.76. The summed E-state index contributed by atoms with van der Waals surface area (Å²) in [6, 6.07) is 3.02. The van der Waals surface area contributed by atoms with Crippen LogP contribution in [0, 0.1) is 0 Å². The van der Waals surface area contributed by atoms with Gasteiger partial charge < -0.3 is 14.8 Å². The third-order valence-electron chi connectivity index (χ3n) is 3.29. The molecule has 22 heavy (non-hydrogen) atoms.